The second-order valence-electron chi connectivity index (χ2n) is 20.5. The van der Waals surface area contributed by atoms with E-state index in [2.05, 4.69) is 43.4 Å². The van der Waals surface area contributed by atoms with Crippen LogP contribution in [0.5, 0.6) is 5.75 Å². The number of benzene rings is 1. The molecule has 0 saturated carbocycles. The third-order valence-electron chi connectivity index (χ3n) is 13.4. The fourth-order valence-corrected chi connectivity index (χ4v) is 8.74. The number of esters is 1. The van der Waals surface area contributed by atoms with Crippen molar-refractivity contribution in [1.82, 2.24) is 36.1 Å². The summed E-state index contributed by atoms with van der Waals surface area (Å²) >= 11 is 1.09. The number of carbonyl (C=O) groups is 7. The van der Waals surface area contributed by atoms with Crippen molar-refractivity contribution in [3.8, 4) is 17.6 Å². The van der Waals surface area contributed by atoms with Crippen LogP contribution in [0.1, 0.15) is 115 Å². The van der Waals surface area contributed by atoms with Crippen LogP contribution in [0.25, 0.3) is 0 Å². The SMILES string of the molecule is CC[C@H](C)[C@H](NC(=O)C(C)(C)N(C)C)C(=O)N(C)[C@H](C[C@@H](OC(C)=O)c1nc(C(=O)N[C@@H](Cc2ccc3c(c2)NC(=O)CCOCCOCCNCC#CC(=O)NCCOCCOCCC(O)O3)CC(C)C(=O)O)cs1)C(C)C. The van der Waals surface area contributed by atoms with Crippen LogP contribution in [0.15, 0.2) is 23.6 Å². The van der Waals surface area contributed by atoms with Gasteiger partial charge >= 0.3 is 11.9 Å². The summed E-state index contributed by atoms with van der Waals surface area (Å²) in [6, 6.07) is 2.72. The number of ether oxygens (including phenoxy) is 6. The highest BCUT2D eigenvalue weighted by Gasteiger charge is 2.39. The molecule has 7 atom stereocenters. The van der Waals surface area contributed by atoms with Gasteiger partial charge in [-0.3, -0.25) is 38.5 Å². The van der Waals surface area contributed by atoms with Crippen molar-refractivity contribution in [3.05, 3.63) is 39.8 Å². The number of aromatic nitrogens is 1. The fourth-order valence-electron chi connectivity index (χ4n) is 7.90. The lowest BCUT2D eigenvalue weighted by molar-refractivity contribution is -0.149. The van der Waals surface area contributed by atoms with E-state index in [0.717, 1.165) is 11.3 Å². The summed E-state index contributed by atoms with van der Waals surface area (Å²) in [5, 5.41) is 37.1. The Morgan fingerprint density at radius 3 is 2.22 bits per heavy atom. The molecule has 2 unspecified atom stereocenters. The molecule has 2 aromatic rings. The number of hydrogen-bond donors (Lipinski definition) is 7. The molecule has 1 aromatic heterocycles. The molecule has 442 valence electrons. The Labute approximate surface area is 469 Å². The molecule has 0 bridgehead atoms. The van der Waals surface area contributed by atoms with Crippen LogP contribution >= 0.6 is 11.3 Å². The van der Waals surface area contributed by atoms with E-state index in [0.29, 0.717) is 36.7 Å². The average molecular weight is 1130 g/mol. The van der Waals surface area contributed by atoms with E-state index in [-0.39, 0.29) is 126 Å². The maximum absolute atomic E-state index is 14.4. The Morgan fingerprint density at radius 2 is 1.58 bits per heavy atom. The highest BCUT2D eigenvalue weighted by Crippen LogP contribution is 2.32. The number of carboxylic acid groups (broad SMARTS) is 1. The van der Waals surface area contributed by atoms with E-state index in [4.69, 9.17) is 28.4 Å². The first-order valence-corrected chi connectivity index (χ1v) is 27.8. The maximum Gasteiger partial charge on any atom is 0.306 e. The summed E-state index contributed by atoms with van der Waals surface area (Å²) in [4.78, 5) is 100.0. The van der Waals surface area contributed by atoms with Crippen LogP contribution < -0.4 is 31.3 Å². The normalized spacial score (nSPS) is 18.6. The maximum atomic E-state index is 14.4. The Hall–Kier alpha value is -5.78. The molecule has 0 fully saturated rings. The molecule has 1 aromatic carbocycles. The quantitative estimate of drug-likeness (QED) is 0.0785. The number of aliphatic hydroxyl groups excluding tert-OH is 1. The molecule has 7 N–H and O–H groups in total. The molecular formula is C55H86N8O15S. The lowest BCUT2D eigenvalue weighted by Crippen LogP contribution is -2.60. The molecule has 0 saturated heterocycles. The number of anilines is 1. The van der Waals surface area contributed by atoms with Gasteiger partial charge in [0.05, 0.1) is 83.0 Å². The first-order valence-electron chi connectivity index (χ1n) is 26.9. The molecule has 0 spiro atoms. The van der Waals surface area contributed by atoms with E-state index in [1.807, 2.05) is 27.7 Å². The van der Waals surface area contributed by atoms with Gasteiger partial charge in [-0.05, 0) is 76.2 Å². The first-order chi connectivity index (χ1) is 37.4. The topological polar surface area (TPSA) is 295 Å². The summed E-state index contributed by atoms with van der Waals surface area (Å²) in [5.41, 5.74) is -0.129. The average Bonchev–Trinajstić information content (AvgIpc) is 3.90. The third-order valence-corrected chi connectivity index (χ3v) is 14.3. The Morgan fingerprint density at radius 1 is 0.924 bits per heavy atom. The predicted octanol–water partition coefficient (Wildman–Crippen LogP) is 3.15. The van der Waals surface area contributed by atoms with Crippen LogP contribution in [0.4, 0.5) is 5.69 Å². The second-order valence-corrected chi connectivity index (χ2v) is 21.4. The number of thiazole rings is 1. The number of hydrogen-bond acceptors (Lipinski definition) is 18. The van der Waals surface area contributed by atoms with Gasteiger partial charge in [-0.2, -0.15) is 0 Å². The molecule has 1 aliphatic heterocycles. The smallest absolute Gasteiger partial charge is 0.306 e. The van der Waals surface area contributed by atoms with Crippen LogP contribution in [0.3, 0.4) is 0 Å². The van der Waals surface area contributed by atoms with Gasteiger partial charge in [0.2, 0.25) is 17.7 Å². The number of nitrogens with zero attached hydrogens (tertiary/aromatic N) is 3. The van der Waals surface area contributed by atoms with Crippen molar-refractivity contribution in [1.29, 1.82) is 0 Å². The van der Waals surface area contributed by atoms with Gasteiger partial charge in [-0.15, -0.1) is 11.3 Å². The number of carbonyl (C=O) groups excluding carboxylic acids is 6. The standard InChI is InChI=1S/C55H86N8O15S/c1-12-36(4)49(61-54(72)55(7,8)62(9)10)52(69)63(11)43(35(2)3)33-45(77-38(6)64)51-60-42(34-79-51)50(68)58-40(30-37(5)53(70)71)31-39-15-16-44-41(32-39)59-47(66)17-22-73-26-28-75-24-20-56-19-13-14-46(65)57-21-25-76-29-27-74-23-18-48(67)78-44/h15-16,32,34-37,40,43,45,48-49,56,67H,12,17-31,33H2,1-11H3,(H,57,65)(H,58,68)(H,59,66)(H,61,72)(H,70,71)/t36-,37?,40+,43+,45+,48?,49-/m0/s1. The van der Waals surface area contributed by atoms with Gasteiger partial charge in [0.1, 0.15) is 22.5 Å². The van der Waals surface area contributed by atoms with Gasteiger partial charge in [-0.25, -0.2) is 4.98 Å². The lowest BCUT2D eigenvalue weighted by atomic mass is 9.92. The van der Waals surface area contributed by atoms with Gasteiger partial charge < -0.3 is 70.1 Å². The van der Waals surface area contributed by atoms with Gasteiger partial charge in [-0.1, -0.05) is 53.0 Å². The number of nitrogens with one attached hydrogen (secondary N) is 5. The van der Waals surface area contributed by atoms with Crippen molar-refractivity contribution >= 4 is 58.5 Å². The van der Waals surface area contributed by atoms with Crippen LogP contribution in [-0.4, -0.2) is 190 Å². The first kappa shape index (κ1) is 67.5. The van der Waals surface area contributed by atoms with E-state index >= 15 is 0 Å². The number of carboxylic acids is 1. The van der Waals surface area contributed by atoms with E-state index < -0.39 is 71.6 Å². The summed E-state index contributed by atoms with van der Waals surface area (Å²) in [7, 11) is 5.24. The highest BCUT2D eigenvalue weighted by atomic mass is 32.1. The Bertz CT molecular complexity index is 2340. The van der Waals surface area contributed by atoms with Crippen molar-refractivity contribution in [3.63, 3.8) is 0 Å². The Kier molecular flexibility index (Phi) is 30.0. The van der Waals surface area contributed by atoms with Crippen molar-refractivity contribution in [2.24, 2.45) is 17.8 Å². The minimum absolute atomic E-state index is 0.00181. The third kappa shape index (κ3) is 24.2. The number of likely N-dealkylation sites (N-methyl/N-ethyl adjacent to an activating group) is 2. The van der Waals surface area contributed by atoms with Crippen LogP contribution in [0, 0.1) is 29.6 Å². The van der Waals surface area contributed by atoms with Crippen molar-refractivity contribution in [2.45, 2.75) is 130 Å². The number of aliphatic carboxylic acids is 1. The van der Waals surface area contributed by atoms with Gasteiger partial charge in [0.25, 0.3) is 11.8 Å². The fraction of sp³-hybridized carbons (Fsp3) is 0.673. The molecule has 79 heavy (non-hydrogen) atoms. The highest BCUT2D eigenvalue weighted by molar-refractivity contribution is 7.09. The molecule has 0 radical (unpaired) electrons. The predicted molar refractivity (Wildman–Crippen MR) is 296 cm³/mol. The van der Waals surface area contributed by atoms with Gasteiger partial charge in [0, 0.05) is 57.4 Å². The zero-order valence-corrected chi connectivity index (χ0v) is 48.7. The molecule has 24 heteroatoms. The summed E-state index contributed by atoms with van der Waals surface area (Å²) in [5.74, 6) is 0.358. The van der Waals surface area contributed by atoms with Gasteiger partial charge in [0.15, 0.2) is 12.4 Å². The minimum Gasteiger partial charge on any atom is -0.481 e. The molecule has 0 aliphatic carbocycles. The molecule has 2 heterocycles. The number of rotatable bonds is 19. The largest absolute Gasteiger partial charge is 0.481 e. The molecule has 1 aliphatic rings. The number of amides is 5. The minimum atomic E-state index is -1.35. The van der Waals surface area contributed by atoms with Crippen LogP contribution in [0.2, 0.25) is 0 Å². The zero-order valence-electron chi connectivity index (χ0n) is 47.9. The van der Waals surface area contributed by atoms with Crippen molar-refractivity contribution in [2.75, 3.05) is 98.9 Å². The Balaban J connectivity index is 1.85. The molecule has 3 rings (SSSR count). The lowest BCUT2D eigenvalue weighted by Gasteiger charge is -2.38. The summed E-state index contributed by atoms with van der Waals surface area (Å²) < 4.78 is 34.0. The molecular weight excluding hydrogens is 1040 g/mol. The summed E-state index contributed by atoms with van der Waals surface area (Å²) in [6.45, 7) is 16.8. The van der Waals surface area contributed by atoms with E-state index in [1.54, 1.807) is 63.0 Å². The molecule has 5 amide bonds. The van der Waals surface area contributed by atoms with Crippen LogP contribution in [-0.2, 0) is 58.9 Å². The van der Waals surface area contributed by atoms with Crippen molar-refractivity contribution < 1.29 is 72.2 Å². The molecule has 23 nitrogen and oxygen atoms in total. The summed E-state index contributed by atoms with van der Waals surface area (Å²) in [6.07, 6.45) is -1.47. The number of fused-ring (bicyclic) bond motifs is 1. The number of aliphatic hydroxyl groups is 1. The zero-order chi connectivity index (χ0) is 58.7. The van der Waals surface area contributed by atoms with E-state index in [9.17, 15) is 43.8 Å². The second kappa shape index (κ2) is 35.1. The van der Waals surface area contributed by atoms with E-state index in [1.165, 1.54) is 19.2 Å². The monoisotopic (exact) mass is 1130 g/mol.